The fourth-order valence-electron chi connectivity index (χ4n) is 2.34. The van der Waals surface area contributed by atoms with Gasteiger partial charge in [-0.2, -0.15) is 4.98 Å². The number of aryl methyl sites for hydroxylation is 2. The fraction of sp³-hybridized carbons (Fsp3) is 0.333. The molecule has 2 heterocycles. The van der Waals surface area contributed by atoms with Crippen molar-refractivity contribution in [1.29, 1.82) is 0 Å². The Kier molecular flexibility index (Phi) is 5.62. The lowest BCUT2D eigenvalue weighted by Gasteiger charge is -2.09. The second kappa shape index (κ2) is 8.28. The van der Waals surface area contributed by atoms with Crippen molar-refractivity contribution < 1.29 is 8.94 Å². The van der Waals surface area contributed by atoms with Crippen molar-refractivity contribution in [2.75, 3.05) is 13.6 Å². The van der Waals surface area contributed by atoms with Gasteiger partial charge in [-0.15, -0.1) is 0 Å². The average Bonchev–Trinajstić information content (AvgIpc) is 3.28. The maximum Gasteiger partial charge on any atom is 0.228 e. The minimum atomic E-state index is 0.509. The zero-order chi connectivity index (χ0) is 18.4. The van der Waals surface area contributed by atoms with E-state index in [0.717, 1.165) is 11.3 Å². The smallest absolute Gasteiger partial charge is 0.228 e. The van der Waals surface area contributed by atoms with E-state index in [9.17, 15) is 0 Å². The van der Waals surface area contributed by atoms with Crippen LogP contribution in [0.15, 0.2) is 44.5 Å². The molecule has 0 saturated heterocycles. The van der Waals surface area contributed by atoms with Gasteiger partial charge < -0.3 is 19.6 Å². The molecule has 2 aromatic heterocycles. The molecule has 0 atom stereocenters. The Bertz CT molecular complexity index is 866. The molecule has 0 aliphatic rings. The van der Waals surface area contributed by atoms with Gasteiger partial charge in [-0.05, 0) is 26.0 Å². The van der Waals surface area contributed by atoms with Crippen molar-refractivity contribution in [2.45, 2.75) is 26.8 Å². The molecule has 0 aliphatic heterocycles. The summed E-state index contributed by atoms with van der Waals surface area (Å²) >= 11 is 0. The molecule has 1 aromatic carbocycles. The summed E-state index contributed by atoms with van der Waals surface area (Å²) in [6, 6.07) is 8.07. The molecule has 8 heteroatoms. The van der Waals surface area contributed by atoms with Crippen LogP contribution < -0.4 is 10.6 Å². The van der Waals surface area contributed by atoms with E-state index in [2.05, 4.69) is 30.8 Å². The Labute approximate surface area is 151 Å². The molecule has 0 saturated carbocycles. The highest BCUT2D eigenvalue weighted by molar-refractivity contribution is 5.79. The lowest BCUT2D eigenvalue weighted by Crippen LogP contribution is -2.37. The highest BCUT2D eigenvalue weighted by atomic mass is 16.5. The van der Waals surface area contributed by atoms with Crippen LogP contribution >= 0.6 is 0 Å². The summed E-state index contributed by atoms with van der Waals surface area (Å²) < 4.78 is 10.6. The SMILES string of the molecule is CN=C(NCCc1nc(C)no1)NCc1coc(-c2ccc(C)cc2)n1. The highest BCUT2D eigenvalue weighted by Gasteiger charge is 2.08. The van der Waals surface area contributed by atoms with Crippen LogP contribution in [0, 0.1) is 13.8 Å². The predicted octanol–water partition coefficient (Wildman–Crippen LogP) is 2.25. The molecule has 26 heavy (non-hydrogen) atoms. The minimum absolute atomic E-state index is 0.509. The summed E-state index contributed by atoms with van der Waals surface area (Å²) in [6.07, 6.45) is 2.28. The molecule has 0 radical (unpaired) electrons. The number of aliphatic imine (C=N–C) groups is 1. The monoisotopic (exact) mass is 354 g/mol. The number of aromatic nitrogens is 3. The maximum atomic E-state index is 5.56. The number of oxazole rings is 1. The molecule has 0 spiro atoms. The predicted molar refractivity (Wildman–Crippen MR) is 97.6 cm³/mol. The van der Waals surface area contributed by atoms with Gasteiger partial charge in [0, 0.05) is 25.6 Å². The van der Waals surface area contributed by atoms with Gasteiger partial charge in [-0.1, -0.05) is 22.9 Å². The van der Waals surface area contributed by atoms with E-state index in [1.54, 1.807) is 20.2 Å². The summed E-state index contributed by atoms with van der Waals surface area (Å²) in [7, 11) is 1.71. The Morgan fingerprint density at radius 3 is 2.62 bits per heavy atom. The number of hydrogen-bond acceptors (Lipinski definition) is 6. The van der Waals surface area contributed by atoms with Crippen LogP contribution in [0.4, 0.5) is 0 Å². The quantitative estimate of drug-likeness (QED) is 0.517. The fourth-order valence-corrected chi connectivity index (χ4v) is 2.34. The van der Waals surface area contributed by atoms with E-state index in [4.69, 9.17) is 8.94 Å². The van der Waals surface area contributed by atoms with Gasteiger partial charge in [0.15, 0.2) is 11.8 Å². The second-order valence-corrected chi connectivity index (χ2v) is 5.85. The third-order valence-electron chi connectivity index (χ3n) is 3.71. The molecule has 136 valence electrons. The first kappa shape index (κ1) is 17.7. The van der Waals surface area contributed by atoms with Crippen molar-refractivity contribution in [2.24, 2.45) is 4.99 Å². The van der Waals surface area contributed by atoms with E-state index in [-0.39, 0.29) is 0 Å². The van der Waals surface area contributed by atoms with Gasteiger partial charge in [-0.25, -0.2) is 4.98 Å². The third-order valence-corrected chi connectivity index (χ3v) is 3.71. The van der Waals surface area contributed by atoms with Gasteiger partial charge in [0.2, 0.25) is 11.8 Å². The van der Waals surface area contributed by atoms with E-state index >= 15 is 0 Å². The number of benzene rings is 1. The minimum Gasteiger partial charge on any atom is -0.444 e. The van der Waals surface area contributed by atoms with Crippen LogP contribution in [0.1, 0.15) is 23.0 Å². The van der Waals surface area contributed by atoms with E-state index in [1.807, 2.05) is 31.2 Å². The molecule has 3 rings (SSSR count). The number of nitrogens with zero attached hydrogens (tertiary/aromatic N) is 4. The molecule has 3 aromatic rings. The van der Waals surface area contributed by atoms with Crippen LogP contribution in [0.3, 0.4) is 0 Å². The topological polar surface area (TPSA) is 101 Å². The summed E-state index contributed by atoms with van der Waals surface area (Å²) in [5.41, 5.74) is 2.96. The third kappa shape index (κ3) is 4.69. The Balaban J connectivity index is 1.48. The normalized spacial score (nSPS) is 11.6. The van der Waals surface area contributed by atoms with E-state index in [1.165, 1.54) is 5.56 Å². The van der Waals surface area contributed by atoms with Crippen molar-refractivity contribution in [3.63, 3.8) is 0 Å². The first-order valence-electron chi connectivity index (χ1n) is 8.39. The van der Waals surface area contributed by atoms with Gasteiger partial charge in [0.05, 0.1) is 12.2 Å². The van der Waals surface area contributed by atoms with Crippen molar-refractivity contribution in [3.8, 4) is 11.5 Å². The maximum absolute atomic E-state index is 5.56. The van der Waals surface area contributed by atoms with Gasteiger partial charge in [0.1, 0.15) is 6.26 Å². The molecular formula is C18H22N6O2. The molecule has 0 amide bonds. The van der Waals surface area contributed by atoms with Crippen molar-refractivity contribution in [3.05, 3.63) is 53.5 Å². The standard InChI is InChI=1S/C18H22N6O2/c1-12-4-6-14(7-5-12)17-23-15(11-25-17)10-21-18(19-3)20-9-8-16-22-13(2)24-26-16/h4-7,11H,8-10H2,1-3H3,(H2,19,20,21). The number of hydrogen-bond donors (Lipinski definition) is 2. The van der Waals surface area contributed by atoms with Crippen molar-refractivity contribution >= 4 is 5.96 Å². The molecule has 0 fully saturated rings. The average molecular weight is 354 g/mol. The second-order valence-electron chi connectivity index (χ2n) is 5.85. The van der Waals surface area contributed by atoms with Crippen LogP contribution in [0.25, 0.3) is 11.5 Å². The van der Waals surface area contributed by atoms with E-state index < -0.39 is 0 Å². The van der Waals surface area contributed by atoms with E-state index in [0.29, 0.717) is 43.1 Å². The molecule has 0 unspecified atom stereocenters. The Morgan fingerprint density at radius 2 is 1.92 bits per heavy atom. The van der Waals surface area contributed by atoms with Gasteiger partial charge in [-0.3, -0.25) is 4.99 Å². The van der Waals surface area contributed by atoms with Crippen molar-refractivity contribution in [1.82, 2.24) is 25.8 Å². The number of rotatable bonds is 6. The first-order chi connectivity index (χ1) is 12.6. The zero-order valence-electron chi connectivity index (χ0n) is 15.1. The highest BCUT2D eigenvalue weighted by Crippen LogP contribution is 2.18. The zero-order valence-corrected chi connectivity index (χ0v) is 15.1. The summed E-state index contributed by atoms with van der Waals surface area (Å²) in [4.78, 5) is 12.8. The molecule has 0 aliphatic carbocycles. The van der Waals surface area contributed by atoms with Gasteiger partial charge in [0.25, 0.3) is 0 Å². The van der Waals surface area contributed by atoms with Gasteiger partial charge >= 0.3 is 0 Å². The van der Waals surface area contributed by atoms with Crippen LogP contribution in [-0.4, -0.2) is 34.7 Å². The number of nitrogens with one attached hydrogen (secondary N) is 2. The first-order valence-corrected chi connectivity index (χ1v) is 8.39. The largest absolute Gasteiger partial charge is 0.444 e. The Hall–Kier alpha value is -3.16. The summed E-state index contributed by atoms with van der Waals surface area (Å²) in [6.45, 7) is 4.99. The molecule has 8 nitrogen and oxygen atoms in total. The molecule has 0 bridgehead atoms. The van der Waals surface area contributed by atoms with Crippen LogP contribution in [-0.2, 0) is 13.0 Å². The molecular weight excluding hydrogens is 332 g/mol. The number of guanidine groups is 1. The van der Waals surface area contributed by atoms with Crippen LogP contribution in [0.5, 0.6) is 0 Å². The lowest BCUT2D eigenvalue weighted by molar-refractivity contribution is 0.374. The molecule has 2 N–H and O–H groups in total. The Morgan fingerprint density at radius 1 is 1.12 bits per heavy atom. The lowest BCUT2D eigenvalue weighted by atomic mass is 10.1. The summed E-state index contributed by atoms with van der Waals surface area (Å²) in [5.74, 6) is 2.51. The summed E-state index contributed by atoms with van der Waals surface area (Å²) in [5, 5.41) is 10.2. The van der Waals surface area contributed by atoms with Crippen LogP contribution in [0.2, 0.25) is 0 Å².